The van der Waals surface area contributed by atoms with Crippen LogP contribution in [0.15, 0.2) is 54.6 Å². The van der Waals surface area contributed by atoms with Gasteiger partial charge in [-0.2, -0.15) is 0 Å². The number of carbonyl (C=O) groups excluding carboxylic acids is 3. The molecule has 0 aliphatic rings. The van der Waals surface area contributed by atoms with E-state index in [0.29, 0.717) is 0 Å². The highest BCUT2D eigenvalue weighted by atomic mass is 32.1. The molecule has 0 fully saturated rings. The van der Waals surface area contributed by atoms with Gasteiger partial charge in [0.2, 0.25) is 0 Å². The van der Waals surface area contributed by atoms with Crippen LogP contribution in [0.25, 0.3) is 0 Å². The van der Waals surface area contributed by atoms with Crippen molar-refractivity contribution in [2.75, 3.05) is 0 Å². The van der Waals surface area contributed by atoms with Crippen LogP contribution >= 0.6 is 34.0 Å². The molecule has 0 bridgehead atoms. The zero-order valence-corrected chi connectivity index (χ0v) is 23.7. The van der Waals surface area contributed by atoms with E-state index in [2.05, 4.69) is 0 Å². The van der Waals surface area contributed by atoms with Crippen LogP contribution in [0.3, 0.4) is 0 Å². The van der Waals surface area contributed by atoms with Gasteiger partial charge >= 0.3 is 39.3 Å². The maximum absolute atomic E-state index is 12.6. The lowest BCUT2D eigenvalue weighted by atomic mass is 9.90. The van der Waals surface area contributed by atoms with Crippen LogP contribution in [-0.2, 0) is 0 Å². The van der Waals surface area contributed by atoms with Gasteiger partial charge in [-0.05, 0) is 18.2 Å². The largest absolute Gasteiger partial charge is 0.499 e. The number of benzene rings is 1. The van der Waals surface area contributed by atoms with Gasteiger partial charge in [-0.3, -0.25) is 0 Å². The van der Waals surface area contributed by atoms with Gasteiger partial charge in [0.05, 0.1) is 0 Å². The molecule has 212 valence electrons. The average Bonchev–Trinajstić information content (AvgIpc) is 3.70. The van der Waals surface area contributed by atoms with Gasteiger partial charge in [0.15, 0.2) is 0 Å². The summed E-state index contributed by atoms with van der Waals surface area (Å²) in [6, 6.07) is 11.5. The molecule has 0 saturated heterocycles. The van der Waals surface area contributed by atoms with Gasteiger partial charge < -0.3 is 44.4 Å². The van der Waals surface area contributed by atoms with Crippen molar-refractivity contribution in [3.8, 4) is 17.2 Å². The Labute approximate surface area is 246 Å². The molecule has 0 aliphatic carbocycles. The molecule has 0 aliphatic heterocycles. The molecule has 0 spiro atoms. The number of thiophene rings is 3. The zero-order chi connectivity index (χ0) is 30.3. The molecule has 4 aromatic rings. The van der Waals surface area contributed by atoms with E-state index in [1.807, 2.05) is 13.8 Å². The number of esters is 3. The minimum absolute atomic E-state index is 0.0291. The summed E-state index contributed by atoms with van der Waals surface area (Å²) in [7, 11) is -5.33. The fourth-order valence-corrected chi connectivity index (χ4v) is 5.27. The summed E-state index contributed by atoms with van der Waals surface area (Å²) >= 11 is 2.33. The second-order valence-corrected chi connectivity index (χ2v) is 10.9. The summed E-state index contributed by atoms with van der Waals surface area (Å²) in [4.78, 5) is 37.9. The van der Waals surface area contributed by atoms with Crippen molar-refractivity contribution >= 4 is 87.6 Å². The maximum Gasteiger partial charge on any atom is 0.499 e. The van der Waals surface area contributed by atoms with Gasteiger partial charge in [0.25, 0.3) is 0 Å². The predicted molar refractivity (Wildman–Crippen MR) is 155 cm³/mol. The Balaban J connectivity index is 0.00000226. The summed E-state index contributed by atoms with van der Waals surface area (Å²) < 4.78 is 16.3. The van der Waals surface area contributed by atoms with E-state index < -0.39 is 39.3 Å². The summed E-state index contributed by atoms with van der Waals surface area (Å²) in [6.45, 7) is 4.00. The van der Waals surface area contributed by atoms with E-state index in [1.54, 1.807) is 0 Å². The lowest BCUT2D eigenvalue weighted by molar-refractivity contribution is 0.0736. The fourth-order valence-electron chi connectivity index (χ4n) is 3.00. The Morgan fingerprint density at radius 2 is 0.756 bits per heavy atom. The minimum Gasteiger partial charge on any atom is -0.423 e. The number of hydrogen-bond donors (Lipinski definition) is 6. The molecule has 1 aromatic carbocycles. The summed E-state index contributed by atoms with van der Waals surface area (Å²) in [5.74, 6) is -3.22. The van der Waals surface area contributed by atoms with E-state index >= 15 is 0 Å². The first kappa shape index (κ1) is 32.2. The third-order valence-corrected chi connectivity index (χ3v) is 8.05. The number of ether oxygens (including phenoxy) is 3. The third-order valence-electron chi connectivity index (χ3n) is 4.73. The second-order valence-electron chi connectivity index (χ2n) is 7.54. The minimum atomic E-state index is -1.78. The van der Waals surface area contributed by atoms with Gasteiger partial charge in [0.1, 0.15) is 31.9 Å². The number of hydrogen-bond acceptors (Lipinski definition) is 15. The first-order chi connectivity index (χ1) is 19.5. The molecule has 41 heavy (non-hydrogen) atoms. The molecule has 0 saturated carbocycles. The highest BCUT2D eigenvalue weighted by molar-refractivity contribution is 7.24. The second kappa shape index (κ2) is 14.5. The van der Waals surface area contributed by atoms with Gasteiger partial charge in [0, 0.05) is 32.5 Å². The molecule has 18 heteroatoms. The lowest BCUT2D eigenvalue weighted by Gasteiger charge is -2.10. The van der Waals surface area contributed by atoms with E-state index in [4.69, 9.17) is 14.2 Å². The van der Waals surface area contributed by atoms with Crippen LogP contribution in [-0.4, -0.2) is 69.4 Å². The molecular formula is C23H21B3O12S3. The lowest BCUT2D eigenvalue weighted by Crippen LogP contribution is -2.26. The molecule has 6 N–H and O–H groups in total. The van der Waals surface area contributed by atoms with Crippen molar-refractivity contribution in [2.45, 2.75) is 13.8 Å². The Morgan fingerprint density at radius 3 is 0.951 bits per heavy atom. The van der Waals surface area contributed by atoms with E-state index in [9.17, 15) is 44.5 Å². The van der Waals surface area contributed by atoms with Crippen molar-refractivity contribution in [3.63, 3.8) is 0 Å². The van der Waals surface area contributed by atoms with Crippen molar-refractivity contribution in [1.29, 1.82) is 0 Å². The Bertz CT molecular complexity index is 1320. The Kier molecular flexibility index (Phi) is 11.4. The quantitative estimate of drug-likeness (QED) is 0.0807. The van der Waals surface area contributed by atoms with Gasteiger partial charge in [-0.15, -0.1) is 34.0 Å². The van der Waals surface area contributed by atoms with Crippen LogP contribution in [0.4, 0.5) is 0 Å². The van der Waals surface area contributed by atoms with E-state index in [0.717, 1.165) is 34.0 Å². The van der Waals surface area contributed by atoms with E-state index in [1.165, 1.54) is 54.6 Å². The molecule has 4 rings (SSSR count). The van der Waals surface area contributed by atoms with Crippen molar-refractivity contribution in [1.82, 2.24) is 0 Å². The molecule has 0 amide bonds. The first-order valence-electron chi connectivity index (χ1n) is 11.7. The maximum atomic E-state index is 12.6. The SMILES string of the molecule is CC.O=C(Oc1cc(OC(=O)c2ccc(B(O)O)s2)cc(OC(=O)c2ccc(B(O)O)s2)c1)c1ccc(B(O)O)s1. The Morgan fingerprint density at radius 1 is 0.512 bits per heavy atom. The average molecular weight is 618 g/mol. The molecule has 0 unspecified atom stereocenters. The van der Waals surface area contributed by atoms with Crippen molar-refractivity contribution < 1.29 is 58.7 Å². The van der Waals surface area contributed by atoms with Crippen LogP contribution in [0.1, 0.15) is 42.9 Å². The van der Waals surface area contributed by atoms with Crippen LogP contribution in [0, 0.1) is 0 Å². The smallest absolute Gasteiger partial charge is 0.423 e. The van der Waals surface area contributed by atoms with Crippen molar-refractivity contribution in [3.05, 3.63) is 69.2 Å². The highest BCUT2D eigenvalue weighted by Crippen LogP contribution is 2.30. The number of carbonyl (C=O) groups is 3. The molecule has 3 aromatic heterocycles. The summed E-state index contributed by atoms with van der Waals surface area (Å²) in [5, 5.41) is 55.6. The highest BCUT2D eigenvalue weighted by Gasteiger charge is 2.23. The van der Waals surface area contributed by atoms with Crippen LogP contribution < -0.4 is 28.5 Å². The zero-order valence-electron chi connectivity index (χ0n) is 21.3. The summed E-state index contributed by atoms with van der Waals surface area (Å²) in [5.41, 5.74) is 0. The number of rotatable bonds is 9. The van der Waals surface area contributed by atoms with Crippen LogP contribution in [0.5, 0.6) is 17.2 Å². The molecule has 0 radical (unpaired) electrons. The molecule has 0 atom stereocenters. The summed E-state index contributed by atoms with van der Waals surface area (Å²) in [6.07, 6.45) is 0. The monoisotopic (exact) mass is 618 g/mol. The van der Waals surface area contributed by atoms with Crippen molar-refractivity contribution in [2.24, 2.45) is 0 Å². The predicted octanol–water partition coefficient (Wildman–Crippen LogP) is -0.406. The molecular weight excluding hydrogens is 597 g/mol. The van der Waals surface area contributed by atoms with E-state index in [-0.39, 0.29) is 46.2 Å². The topological polar surface area (TPSA) is 200 Å². The standard InChI is InChI=1S/C21H15B3O12S3.C2H6/c25-19(13-1-4-16(37-13)22(28)29)34-10-7-11(35-20(26)14-2-5-17(38-14)23(30)31)9-12(8-10)36-21(27)15-3-6-18(39-15)24(32)33;1-2/h1-9,28-33H;1-2H3. The fraction of sp³-hybridized carbons (Fsp3) is 0.0870. The van der Waals surface area contributed by atoms with Gasteiger partial charge in [-0.25, -0.2) is 14.4 Å². The normalized spacial score (nSPS) is 10.2. The first-order valence-corrected chi connectivity index (χ1v) is 14.1. The Hall–Kier alpha value is -3.32. The third kappa shape index (κ3) is 8.59. The molecule has 3 heterocycles. The van der Waals surface area contributed by atoms with Gasteiger partial charge in [-0.1, -0.05) is 32.0 Å². The molecule has 12 nitrogen and oxygen atoms in total. The van der Waals surface area contributed by atoms with Crippen LogP contribution in [0.2, 0.25) is 0 Å².